The first-order valence-electron chi connectivity index (χ1n) is 6.05. The predicted octanol–water partition coefficient (Wildman–Crippen LogP) is 3.22. The maximum atomic E-state index is 6.60. The lowest BCUT2D eigenvalue weighted by Crippen LogP contribution is -2.40. The highest BCUT2D eigenvalue weighted by Crippen LogP contribution is 2.41. The molecule has 0 amide bonds. The molecule has 0 aliphatic heterocycles. The molecule has 2 atom stereocenters. The van der Waals surface area contributed by atoms with Crippen LogP contribution >= 0.6 is 0 Å². The highest BCUT2D eigenvalue weighted by atomic mass is 14.8. The van der Waals surface area contributed by atoms with Gasteiger partial charge in [0.25, 0.3) is 0 Å². The molecule has 1 heteroatoms. The second-order valence-corrected chi connectivity index (χ2v) is 4.89. The lowest BCUT2D eigenvalue weighted by Gasteiger charge is -2.32. The predicted molar refractivity (Wildman–Crippen MR) is 64.7 cm³/mol. The molecule has 0 radical (unpaired) electrons. The molecule has 1 aromatic rings. The van der Waals surface area contributed by atoms with E-state index in [0.717, 1.165) is 12.8 Å². The van der Waals surface area contributed by atoms with Crippen molar-refractivity contribution in [2.24, 2.45) is 11.7 Å². The minimum Gasteiger partial charge on any atom is -0.321 e. The van der Waals surface area contributed by atoms with Gasteiger partial charge < -0.3 is 5.73 Å². The summed E-state index contributed by atoms with van der Waals surface area (Å²) in [6.45, 7) is 4.53. The van der Waals surface area contributed by atoms with E-state index in [-0.39, 0.29) is 5.54 Å². The summed E-state index contributed by atoms with van der Waals surface area (Å²) in [5, 5.41) is 0. The van der Waals surface area contributed by atoms with E-state index >= 15 is 0 Å². The molecule has 0 heterocycles. The summed E-state index contributed by atoms with van der Waals surface area (Å²) in [6.07, 6.45) is 4.72. The van der Waals surface area contributed by atoms with Crippen LogP contribution in [0, 0.1) is 5.92 Å². The van der Waals surface area contributed by atoms with Crippen LogP contribution in [0.15, 0.2) is 24.3 Å². The van der Waals surface area contributed by atoms with E-state index in [9.17, 15) is 0 Å². The molecule has 0 aromatic heterocycles. The lowest BCUT2D eigenvalue weighted by molar-refractivity contribution is 0.276. The van der Waals surface area contributed by atoms with Crippen LogP contribution in [0.25, 0.3) is 0 Å². The Morgan fingerprint density at radius 1 is 1.40 bits per heavy atom. The summed E-state index contributed by atoms with van der Waals surface area (Å²) >= 11 is 0. The molecular formula is C14H21N. The third-order valence-corrected chi connectivity index (χ3v) is 3.93. The molecule has 0 saturated carbocycles. The van der Waals surface area contributed by atoms with Crippen LogP contribution in [0.4, 0.5) is 0 Å². The van der Waals surface area contributed by atoms with Crippen LogP contribution in [0.3, 0.4) is 0 Å². The van der Waals surface area contributed by atoms with Gasteiger partial charge in [0.15, 0.2) is 0 Å². The molecule has 0 bridgehead atoms. The van der Waals surface area contributed by atoms with Crippen LogP contribution in [0.1, 0.15) is 44.2 Å². The summed E-state index contributed by atoms with van der Waals surface area (Å²) in [6, 6.07) is 8.68. The Bertz CT molecular complexity index is 345. The van der Waals surface area contributed by atoms with Gasteiger partial charge in [0, 0.05) is 5.54 Å². The molecule has 1 nitrogen and oxygen atoms in total. The zero-order chi connectivity index (χ0) is 10.9. The van der Waals surface area contributed by atoms with Crippen molar-refractivity contribution in [1.82, 2.24) is 0 Å². The number of hydrogen-bond acceptors (Lipinski definition) is 1. The van der Waals surface area contributed by atoms with Gasteiger partial charge in [0.1, 0.15) is 0 Å². The summed E-state index contributed by atoms with van der Waals surface area (Å²) in [4.78, 5) is 0. The molecule has 0 spiro atoms. The number of rotatable bonds is 3. The van der Waals surface area contributed by atoms with Crippen molar-refractivity contribution in [1.29, 1.82) is 0 Å². The van der Waals surface area contributed by atoms with Crippen molar-refractivity contribution >= 4 is 0 Å². The van der Waals surface area contributed by atoms with Crippen molar-refractivity contribution in [3.63, 3.8) is 0 Å². The Morgan fingerprint density at radius 3 is 2.87 bits per heavy atom. The van der Waals surface area contributed by atoms with E-state index in [1.165, 1.54) is 24.0 Å². The average molecular weight is 203 g/mol. The van der Waals surface area contributed by atoms with Crippen LogP contribution in [0.5, 0.6) is 0 Å². The van der Waals surface area contributed by atoms with Gasteiger partial charge in [-0.05, 0) is 36.3 Å². The Hall–Kier alpha value is -0.820. The zero-order valence-corrected chi connectivity index (χ0v) is 9.79. The molecule has 0 saturated heterocycles. The molecular weight excluding hydrogens is 182 g/mol. The first kappa shape index (κ1) is 10.7. The molecule has 15 heavy (non-hydrogen) atoms. The summed E-state index contributed by atoms with van der Waals surface area (Å²) < 4.78 is 0. The molecule has 0 fully saturated rings. The van der Waals surface area contributed by atoms with Gasteiger partial charge in [0.2, 0.25) is 0 Å². The first-order valence-corrected chi connectivity index (χ1v) is 6.05. The third-order valence-electron chi connectivity index (χ3n) is 3.93. The molecule has 82 valence electrons. The normalized spacial score (nSPS) is 26.3. The maximum absolute atomic E-state index is 6.60. The van der Waals surface area contributed by atoms with E-state index in [0.29, 0.717) is 5.92 Å². The number of aryl methyl sites for hydroxylation is 1. The van der Waals surface area contributed by atoms with Crippen LogP contribution in [-0.4, -0.2) is 0 Å². The first-order chi connectivity index (χ1) is 7.18. The van der Waals surface area contributed by atoms with Gasteiger partial charge in [-0.3, -0.25) is 0 Å². The molecule has 1 aliphatic rings. The fourth-order valence-corrected chi connectivity index (χ4v) is 2.87. The fourth-order valence-electron chi connectivity index (χ4n) is 2.87. The van der Waals surface area contributed by atoms with Gasteiger partial charge >= 0.3 is 0 Å². The van der Waals surface area contributed by atoms with E-state index in [1.807, 2.05) is 0 Å². The number of benzene rings is 1. The van der Waals surface area contributed by atoms with Crippen molar-refractivity contribution in [2.75, 3.05) is 0 Å². The minimum atomic E-state index is -0.0629. The van der Waals surface area contributed by atoms with Crippen LogP contribution in [0.2, 0.25) is 0 Å². The van der Waals surface area contributed by atoms with E-state index < -0.39 is 0 Å². The highest BCUT2D eigenvalue weighted by Gasteiger charge is 2.38. The quantitative estimate of drug-likeness (QED) is 0.802. The molecule has 2 unspecified atom stereocenters. The minimum absolute atomic E-state index is 0.0629. The average Bonchev–Trinajstić information content (AvgIpc) is 2.59. The second kappa shape index (κ2) is 3.97. The van der Waals surface area contributed by atoms with Gasteiger partial charge in [0.05, 0.1) is 0 Å². The monoisotopic (exact) mass is 203 g/mol. The van der Waals surface area contributed by atoms with Crippen LogP contribution in [-0.2, 0) is 12.0 Å². The van der Waals surface area contributed by atoms with Crippen molar-refractivity contribution in [2.45, 2.75) is 45.1 Å². The van der Waals surface area contributed by atoms with Gasteiger partial charge in [-0.25, -0.2) is 0 Å². The SMILES string of the molecule is CCCC(C)C1(N)CCc2ccccc21. The zero-order valence-electron chi connectivity index (χ0n) is 9.79. The Kier molecular flexibility index (Phi) is 2.83. The van der Waals surface area contributed by atoms with Gasteiger partial charge in [-0.15, -0.1) is 0 Å². The van der Waals surface area contributed by atoms with Crippen LogP contribution < -0.4 is 5.73 Å². The number of fused-ring (bicyclic) bond motifs is 1. The summed E-state index contributed by atoms with van der Waals surface area (Å²) in [7, 11) is 0. The molecule has 1 aromatic carbocycles. The molecule has 2 rings (SSSR count). The Labute approximate surface area is 92.7 Å². The Morgan fingerprint density at radius 2 is 2.13 bits per heavy atom. The molecule has 2 N–H and O–H groups in total. The summed E-state index contributed by atoms with van der Waals surface area (Å²) in [5.74, 6) is 0.589. The van der Waals surface area contributed by atoms with E-state index in [4.69, 9.17) is 5.73 Å². The van der Waals surface area contributed by atoms with E-state index in [2.05, 4.69) is 38.1 Å². The Balaban J connectivity index is 2.32. The fraction of sp³-hybridized carbons (Fsp3) is 0.571. The van der Waals surface area contributed by atoms with E-state index in [1.54, 1.807) is 0 Å². The summed E-state index contributed by atoms with van der Waals surface area (Å²) in [5.41, 5.74) is 9.39. The standard InChI is InChI=1S/C14H21N/c1-3-6-11(2)14(15)10-9-12-7-4-5-8-13(12)14/h4-5,7-8,11H,3,6,9-10,15H2,1-2H3. The molecule has 1 aliphatic carbocycles. The number of nitrogens with two attached hydrogens (primary N) is 1. The maximum Gasteiger partial charge on any atom is 0.0441 e. The second-order valence-electron chi connectivity index (χ2n) is 4.89. The smallest absolute Gasteiger partial charge is 0.0441 e. The van der Waals surface area contributed by atoms with Crippen molar-refractivity contribution < 1.29 is 0 Å². The van der Waals surface area contributed by atoms with Gasteiger partial charge in [-0.1, -0.05) is 44.5 Å². The van der Waals surface area contributed by atoms with Gasteiger partial charge in [-0.2, -0.15) is 0 Å². The lowest BCUT2D eigenvalue weighted by atomic mass is 9.79. The highest BCUT2D eigenvalue weighted by molar-refractivity contribution is 5.38. The van der Waals surface area contributed by atoms with Crippen molar-refractivity contribution in [3.05, 3.63) is 35.4 Å². The van der Waals surface area contributed by atoms with Crippen molar-refractivity contribution in [3.8, 4) is 0 Å². The topological polar surface area (TPSA) is 26.0 Å². The largest absolute Gasteiger partial charge is 0.321 e. The number of hydrogen-bond donors (Lipinski definition) is 1. The third kappa shape index (κ3) is 1.69.